The number of aliphatic imine (C=N–C) groups is 1. The molecule has 0 aliphatic heterocycles. The maximum absolute atomic E-state index is 12.3. The predicted octanol–water partition coefficient (Wildman–Crippen LogP) is 2.52. The predicted molar refractivity (Wildman–Crippen MR) is 122 cm³/mol. The fourth-order valence-electron chi connectivity index (χ4n) is 2.62. The molecule has 1 aromatic heterocycles. The van der Waals surface area contributed by atoms with Crippen LogP contribution in [0.4, 0.5) is 4.79 Å². The number of hydrogen-bond acceptors (Lipinski definition) is 5. The van der Waals surface area contributed by atoms with Crippen molar-refractivity contribution >= 4 is 36.0 Å². The molecule has 0 aromatic carbocycles. The third kappa shape index (κ3) is 8.19. The van der Waals surface area contributed by atoms with Gasteiger partial charge in [-0.3, -0.25) is 9.67 Å². The highest BCUT2D eigenvalue weighted by atomic mass is 127. The lowest BCUT2D eigenvalue weighted by Crippen LogP contribution is -2.57. The van der Waals surface area contributed by atoms with Gasteiger partial charge in [-0.15, -0.1) is 24.0 Å². The average Bonchev–Trinajstić information content (AvgIpc) is 2.97. The van der Waals surface area contributed by atoms with E-state index in [4.69, 9.17) is 4.74 Å². The number of aromatic nitrogens is 3. The van der Waals surface area contributed by atoms with Gasteiger partial charge in [-0.2, -0.15) is 5.10 Å². The largest absolute Gasteiger partial charge is 0.444 e. The van der Waals surface area contributed by atoms with Gasteiger partial charge in [0.1, 0.15) is 17.8 Å². The second-order valence-electron chi connectivity index (χ2n) is 7.67. The molecule has 1 amide bonds. The monoisotopic (exact) mass is 509 g/mol. The van der Waals surface area contributed by atoms with E-state index in [2.05, 4.69) is 39.6 Å². The minimum absolute atomic E-state index is 0. The zero-order valence-electron chi connectivity index (χ0n) is 18.4. The van der Waals surface area contributed by atoms with E-state index < -0.39 is 17.2 Å². The van der Waals surface area contributed by atoms with Gasteiger partial charge in [-0.25, -0.2) is 9.78 Å². The first-order valence-electron chi connectivity index (χ1n) is 9.31. The summed E-state index contributed by atoms with van der Waals surface area (Å²) in [7, 11) is 5.53. The lowest BCUT2D eigenvalue weighted by atomic mass is 9.93. The SMILES string of the molecule is CCC(CC)(CNC(=NC)N(C)Cc1ncnn1C)NC(=O)OC(C)(C)C.I. The third-order valence-electron chi connectivity index (χ3n) is 4.46. The summed E-state index contributed by atoms with van der Waals surface area (Å²) in [5.74, 6) is 1.56. The molecule has 0 saturated heterocycles. The Morgan fingerprint density at radius 1 is 1.32 bits per heavy atom. The van der Waals surface area contributed by atoms with Crippen LogP contribution in [-0.4, -0.2) is 63.5 Å². The molecule has 162 valence electrons. The van der Waals surface area contributed by atoms with Gasteiger partial charge in [0.05, 0.1) is 12.1 Å². The summed E-state index contributed by atoms with van der Waals surface area (Å²) in [6.07, 6.45) is 2.65. The van der Waals surface area contributed by atoms with Crippen LogP contribution in [0.25, 0.3) is 0 Å². The molecule has 0 unspecified atom stereocenters. The van der Waals surface area contributed by atoms with Crippen LogP contribution in [-0.2, 0) is 18.3 Å². The van der Waals surface area contributed by atoms with Gasteiger partial charge >= 0.3 is 6.09 Å². The van der Waals surface area contributed by atoms with E-state index in [0.717, 1.165) is 24.6 Å². The van der Waals surface area contributed by atoms with Crippen LogP contribution in [0.1, 0.15) is 53.3 Å². The highest BCUT2D eigenvalue weighted by Gasteiger charge is 2.31. The normalized spacial score (nSPS) is 12.2. The van der Waals surface area contributed by atoms with E-state index in [1.807, 2.05) is 39.8 Å². The Kier molecular flexibility index (Phi) is 10.8. The highest BCUT2D eigenvalue weighted by Crippen LogP contribution is 2.16. The summed E-state index contributed by atoms with van der Waals surface area (Å²) in [6.45, 7) is 10.8. The molecule has 0 fully saturated rings. The first-order chi connectivity index (χ1) is 12.6. The quantitative estimate of drug-likeness (QED) is 0.333. The first-order valence-corrected chi connectivity index (χ1v) is 9.31. The van der Waals surface area contributed by atoms with Gasteiger partial charge in [0.15, 0.2) is 5.96 Å². The molecule has 10 heteroatoms. The number of carbonyl (C=O) groups is 1. The molecule has 0 aliphatic carbocycles. The number of aryl methyl sites for hydroxylation is 1. The van der Waals surface area contributed by atoms with Crippen molar-refractivity contribution in [1.29, 1.82) is 0 Å². The number of alkyl carbamates (subject to hydrolysis) is 1. The minimum atomic E-state index is -0.531. The smallest absolute Gasteiger partial charge is 0.408 e. The van der Waals surface area contributed by atoms with Crippen molar-refractivity contribution in [3.05, 3.63) is 12.2 Å². The summed E-state index contributed by atoms with van der Waals surface area (Å²) in [5, 5.41) is 10.5. The molecule has 1 heterocycles. The van der Waals surface area contributed by atoms with Gasteiger partial charge in [0, 0.05) is 27.7 Å². The number of amides is 1. The van der Waals surface area contributed by atoms with Crippen molar-refractivity contribution in [1.82, 2.24) is 30.3 Å². The van der Waals surface area contributed by atoms with E-state index in [0.29, 0.717) is 13.1 Å². The Balaban J connectivity index is 0.00000729. The van der Waals surface area contributed by atoms with Gasteiger partial charge in [-0.1, -0.05) is 13.8 Å². The van der Waals surface area contributed by atoms with Crippen LogP contribution in [0.3, 0.4) is 0 Å². The van der Waals surface area contributed by atoms with Crippen molar-refractivity contribution < 1.29 is 9.53 Å². The Bertz CT molecular complexity index is 636. The van der Waals surface area contributed by atoms with Gasteiger partial charge in [-0.05, 0) is 33.6 Å². The standard InChI is InChI=1S/C18H35N7O2.HI/c1-9-18(10-2,23-16(26)27-17(3,4)5)12-20-15(19-6)24(7)11-14-21-13-22-25(14)8;/h13H,9-12H2,1-8H3,(H,19,20)(H,23,26);1H. The zero-order valence-corrected chi connectivity index (χ0v) is 20.7. The Hall–Kier alpha value is -1.59. The molecule has 1 aromatic rings. The van der Waals surface area contributed by atoms with E-state index in [9.17, 15) is 4.79 Å². The Morgan fingerprint density at radius 3 is 2.36 bits per heavy atom. The van der Waals surface area contributed by atoms with Crippen LogP contribution in [0.2, 0.25) is 0 Å². The van der Waals surface area contributed by atoms with Crippen molar-refractivity contribution in [3.8, 4) is 0 Å². The molecule has 2 N–H and O–H groups in total. The number of halogens is 1. The molecule has 0 atom stereocenters. The van der Waals surface area contributed by atoms with Crippen LogP contribution < -0.4 is 10.6 Å². The van der Waals surface area contributed by atoms with E-state index >= 15 is 0 Å². The van der Waals surface area contributed by atoms with Gasteiger partial charge < -0.3 is 20.3 Å². The second-order valence-corrected chi connectivity index (χ2v) is 7.67. The van der Waals surface area contributed by atoms with Crippen molar-refractivity contribution in [2.24, 2.45) is 12.0 Å². The van der Waals surface area contributed by atoms with E-state index in [-0.39, 0.29) is 24.0 Å². The fraction of sp³-hybridized carbons (Fsp3) is 0.778. The number of hydrogen-bond donors (Lipinski definition) is 2. The Morgan fingerprint density at radius 2 is 1.93 bits per heavy atom. The lowest BCUT2D eigenvalue weighted by Gasteiger charge is -2.35. The minimum Gasteiger partial charge on any atom is -0.444 e. The average molecular weight is 509 g/mol. The van der Waals surface area contributed by atoms with Crippen LogP contribution in [0, 0.1) is 0 Å². The zero-order chi connectivity index (χ0) is 20.7. The number of carbonyl (C=O) groups excluding carboxylic acids is 1. The molecular weight excluding hydrogens is 473 g/mol. The molecular formula is C18H36IN7O2. The molecule has 0 bridgehead atoms. The maximum atomic E-state index is 12.3. The van der Waals surface area contributed by atoms with Crippen LogP contribution in [0.15, 0.2) is 11.3 Å². The van der Waals surface area contributed by atoms with Gasteiger partial charge in [0.2, 0.25) is 0 Å². The molecule has 0 aliphatic rings. The summed E-state index contributed by atoms with van der Waals surface area (Å²) in [6, 6.07) is 0. The first kappa shape index (κ1) is 26.4. The molecule has 0 saturated carbocycles. The summed E-state index contributed by atoms with van der Waals surface area (Å²) in [4.78, 5) is 22.8. The van der Waals surface area contributed by atoms with Gasteiger partial charge in [0.25, 0.3) is 0 Å². The number of nitrogens with one attached hydrogen (secondary N) is 2. The number of ether oxygens (including phenoxy) is 1. The van der Waals surface area contributed by atoms with E-state index in [1.54, 1.807) is 11.7 Å². The van der Waals surface area contributed by atoms with Crippen LogP contribution >= 0.6 is 24.0 Å². The van der Waals surface area contributed by atoms with Crippen molar-refractivity contribution in [3.63, 3.8) is 0 Å². The summed E-state index contributed by atoms with van der Waals surface area (Å²) >= 11 is 0. The topological polar surface area (TPSA) is 96.7 Å². The number of guanidine groups is 1. The fourth-order valence-corrected chi connectivity index (χ4v) is 2.62. The maximum Gasteiger partial charge on any atom is 0.408 e. The molecule has 9 nitrogen and oxygen atoms in total. The van der Waals surface area contributed by atoms with Crippen molar-refractivity contribution in [2.45, 2.75) is 65.1 Å². The van der Waals surface area contributed by atoms with Crippen molar-refractivity contribution in [2.75, 3.05) is 20.6 Å². The number of rotatable bonds is 7. The molecule has 1 rings (SSSR count). The number of nitrogens with zero attached hydrogens (tertiary/aromatic N) is 5. The molecule has 28 heavy (non-hydrogen) atoms. The lowest BCUT2D eigenvalue weighted by molar-refractivity contribution is 0.0448. The van der Waals surface area contributed by atoms with E-state index in [1.165, 1.54) is 6.33 Å². The van der Waals surface area contributed by atoms with Crippen LogP contribution in [0.5, 0.6) is 0 Å². The third-order valence-corrected chi connectivity index (χ3v) is 4.46. The molecule has 0 spiro atoms. The summed E-state index contributed by atoms with van der Waals surface area (Å²) < 4.78 is 7.16. The Labute approximate surface area is 185 Å². The highest BCUT2D eigenvalue weighted by molar-refractivity contribution is 14.0. The molecule has 0 radical (unpaired) electrons. The second kappa shape index (κ2) is 11.4. The summed E-state index contributed by atoms with van der Waals surface area (Å²) in [5.41, 5.74) is -0.957.